The summed E-state index contributed by atoms with van der Waals surface area (Å²) in [6, 6.07) is 0. The molecule has 0 spiro atoms. The van der Waals surface area contributed by atoms with Crippen molar-refractivity contribution in [3.63, 3.8) is 0 Å². The third kappa shape index (κ3) is 9.49. The molecule has 0 unspecified atom stereocenters. The minimum absolute atomic E-state index is 0. The first-order valence-electron chi connectivity index (χ1n) is 5.01. The summed E-state index contributed by atoms with van der Waals surface area (Å²) in [5, 5.41) is 32.1. The Bertz CT molecular complexity index is 211. The Morgan fingerprint density at radius 3 is 1.17 bits per heavy atom. The Kier molecular flexibility index (Phi) is 16.2. The van der Waals surface area contributed by atoms with E-state index >= 15 is 0 Å². The van der Waals surface area contributed by atoms with E-state index in [1.54, 1.807) is 0 Å². The Balaban J connectivity index is -0.000000214. The Morgan fingerprint density at radius 2 is 1.17 bits per heavy atom. The fraction of sp³-hybridized carbons (Fsp3) is 0.778. The van der Waals surface area contributed by atoms with Crippen molar-refractivity contribution in [2.24, 2.45) is 16.9 Å². The number of carbonyl (C=O) groups is 2. The van der Waals surface area contributed by atoms with Crippen LogP contribution in [0.3, 0.4) is 0 Å². The van der Waals surface area contributed by atoms with Gasteiger partial charge in [0.05, 0.1) is 13.2 Å². The average molecular weight is 447 g/mol. The van der Waals surface area contributed by atoms with E-state index in [2.05, 4.69) is 0 Å². The zero-order valence-corrected chi connectivity index (χ0v) is 12.1. The van der Waals surface area contributed by atoms with E-state index in [4.69, 9.17) is 31.9 Å². The average Bonchev–Trinajstić information content (AvgIpc) is 3.11. The van der Waals surface area contributed by atoms with Gasteiger partial charge in [-0.25, -0.2) is 0 Å². The fourth-order valence-corrected chi connectivity index (χ4v) is 0.644. The molecule has 0 heterocycles. The zero-order chi connectivity index (χ0) is 13.9. The van der Waals surface area contributed by atoms with Crippen LogP contribution in [-0.2, 0) is 30.7 Å². The van der Waals surface area contributed by atoms with E-state index in [1.807, 2.05) is 0 Å². The van der Waals surface area contributed by atoms with E-state index < -0.39 is 17.4 Å². The van der Waals surface area contributed by atoms with Crippen LogP contribution in [0, 0.1) is 5.41 Å². The van der Waals surface area contributed by atoms with Gasteiger partial charge in [-0.2, -0.15) is 0 Å². The maximum atomic E-state index is 10.1. The number of hydrogen-bond acceptors (Lipinski definition) is 6. The van der Waals surface area contributed by atoms with Crippen LogP contribution in [0.25, 0.3) is 0 Å². The summed E-state index contributed by atoms with van der Waals surface area (Å²) < 4.78 is 0. The van der Waals surface area contributed by atoms with Gasteiger partial charge in [0.1, 0.15) is 0 Å². The predicted molar refractivity (Wildman–Crippen MR) is 59.2 cm³/mol. The van der Waals surface area contributed by atoms with Gasteiger partial charge in [-0.3, -0.25) is 9.59 Å². The fourth-order valence-electron chi connectivity index (χ4n) is 0.644. The van der Waals surface area contributed by atoms with Crippen LogP contribution in [0.5, 0.6) is 0 Å². The molecule has 18 heavy (non-hydrogen) atoms. The molecule has 9 heteroatoms. The number of carboxylic acids is 2. The SMILES string of the molecule is NCCO.NCCO.O=C(O)C1(C(=O)O)CC1.[Pt+2]. The van der Waals surface area contributed by atoms with Crippen molar-refractivity contribution in [3.05, 3.63) is 0 Å². The predicted octanol–water partition coefficient (Wildman–Crippen LogP) is -2.19. The van der Waals surface area contributed by atoms with E-state index in [0.717, 1.165) is 0 Å². The number of rotatable bonds is 4. The first-order chi connectivity index (χ1) is 7.92. The molecule has 1 saturated carbocycles. The monoisotopic (exact) mass is 447 g/mol. The van der Waals surface area contributed by atoms with Crippen LogP contribution in [-0.4, -0.2) is 58.7 Å². The summed E-state index contributed by atoms with van der Waals surface area (Å²) >= 11 is 0. The maximum absolute atomic E-state index is 10.1. The summed E-state index contributed by atoms with van der Waals surface area (Å²) in [5.41, 5.74) is 8.14. The van der Waals surface area contributed by atoms with Gasteiger partial charge >= 0.3 is 33.0 Å². The Labute approximate surface area is 119 Å². The second-order valence-corrected chi connectivity index (χ2v) is 3.22. The summed E-state index contributed by atoms with van der Waals surface area (Å²) in [7, 11) is 0. The van der Waals surface area contributed by atoms with E-state index in [-0.39, 0.29) is 47.1 Å². The summed E-state index contributed by atoms with van der Waals surface area (Å²) in [6.07, 6.45) is 0.551. The van der Waals surface area contributed by atoms with Crippen LogP contribution < -0.4 is 11.5 Å². The third-order valence-corrected chi connectivity index (χ3v) is 1.83. The molecule has 0 saturated heterocycles. The largest absolute Gasteiger partial charge is 2.00 e. The topological polar surface area (TPSA) is 167 Å². The van der Waals surface area contributed by atoms with Crippen LogP contribution >= 0.6 is 0 Å². The van der Waals surface area contributed by atoms with Crippen molar-refractivity contribution < 1.29 is 51.1 Å². The van der Waals surface area contributed by atoms with Crippen LogP contribution in [0.2, 0.25) is 0 Å². The number of hydrogen-bond donors (Lipinski definition) is 6. The molecule has 1 rings (SSSR count). The van der Waals surface area contributed by atoms with Gasteiger partial charge in [0.15, 0.2) is 5.41 Å². The molecule has 0 bridgehead atoms. The molecule has 1 fully saturated rings. The molecule has 1 aliphatic carbocycles. The van der Waals surface area contributed by atoms with E-state index in [0.29, 0.717) is 13.1 Å². The molecule has 0 atom stereocenters. The van der Waals surface area contributed by atoms with Gasteiger partial charge < -0.3 is 31.9 Å². The molecule has 0 aliphatic heterocycles. The van der Waals surface area contributed by atoms with Crippen LogP contribution in [0.1, 0.15) is 12.8 Å². The number of aliphatic hydroxyl groups excluding tert-OH is 2. The van der Waals surface area contributed by atoms with Gasteiger partial charge in [0, 0.05) is 13.1 Å². The second-order valence-electron chi connectivity index (χ2n) is 3.22. The van der Waals surface area contributed by atoms with Crippen LogP contribution in [0.15, 0.2) is 0 Å². The third-order valence-electron chi connectivity index (χ3n) is 1.83. The summed E-state index contributed by atoms with van der Waals surface area (Å²) in [5.74, 6) is -2.43. The molecule has 0 radical (unpaired) electrons. The molecule has 0 aromatic carbocycles. The maximum Gasteiger partial charge on any atom is 2.00 e. The normalized spacial score (nSPS) is 13.8. The molecule has 0 aromatic rings. The Hall–Kier alpha value is -0.532. The summed E-state index contributed by atoms with van der Waals surface area (Å²) in [4.78, 5) is 20.3. The van der Waals surface area contributed by atoms with Crippen molar-refractivity contribution in [1.29, 1.82) is 0 Å². The van der Waals surface area contributed by atoms with Crippen LogP contribution in [0.4, 0.5) is 0 Å². The molecule has 8 nitrogen and oxygen atoms in total. The first kappa shape index (κ1) is 22.6. The summed E-state index contributed by atoms with van der Waals surface area (Å²) in [6.45, 7) is 0.944. The van der Waals surface area contributed by atoms with E-state index in [1.165, 1.54) is 0 Å². The van der Waals surface area contributed by atoms with Crippen molar-refractivity contribution in [1.82, 2.24) is 0 Å². The molecule has 0 aromatic heterocycles. The standard InChI is InChI=1S/C5H6O4.2C2H7NO.Pt/c6-3(7)5(1-2-5)4(8)9;2*3-1-2-4;/h1-2H2,(H,6,7)(H,8,9);2*4H,1-3H2;/q;;;+2. The van der Waals surface area contributed by atoms with E-state index in [9.17, 15) is 9.59 Å². The molecular formula is C9H20N2O6Pt+2. The van der Waals surface area contributed by atoms with Crippen molar-refractivity contribution in [2.75, 3.05) is 26.3 Å². The van der Waals surface area contributed by atoms with Gasteiger partial charge in [-0.1, -0.05) is 0 Å². The quantitative estimate of drug-likeness (QED) is 0.264. The van der Waals surface area contributed by atoms with Gasteiger partial charge in [0.2, 0.25) is 0 Å². The smallest absolute Gasteiger partial charge is 0.480 e. The van der Waals surface area contributed by atoms with Crippen molar-refractivity contribution in [3.8, 4) is 0 Å². The second kappa shape index (κ2) is 12.9. The van der Waals surface area contributed by atoms with Crippen molar-refractivity contribution >= 4 is 11.9 Å². The minimum atomic E-state index is -1.42. The number of nitrogens with two attached hydrogens (primary N) is 2. The minimum Gasteiger partial charge on any atom is -0.480 e. The molecule has 1 aliphatic rings. The molecule has 0 amide bonds. The van der Waals surface area contributed by atoms with Crippen molar-refractivity contribution in [2.45, 2.75) is 12.8 Å². The van der Waals surface area contributed by atoms with Gasteiger partial charge in [-0.05, 0) is 12.8 Å². The zero-order valence-electron chi connectivity index (χ0n) is 9.82. The number of carboxylic acid groups (broad SMARTS) is 2. The molecule has 8 N–H and O–H groups in total. The van der Waals surface area contributed by atoms with Gasteiger partial charge in [0.25, 0.3) is 0 Å². The molecular weight excluding hydrogens is 427 g/mol. The number of aliphatic carboxylic acids is 2. The molecule has 110 valence electrons. The number of aliphatic hydroxyl groups is 2. The van der Waals surface area contributed by atoms with Gasteiger partial charge in [-0.15, -0.1) is 0 Å². The Morgan fingerprint density at radius 1 is 0.944 bits per heavy atom. The first-order valence-corrected chi connectivity index (χ1v) is 5.01.